The molecule has 1 aromatic heterocycles. The first-order valence-electron chi connectivity index (χ1n) is 10.8. The zero-order chi connectivity index (χ0) is 21.6. The summed E-state index contributed by atoms with van der Waals surface area (Å²) in [6.45, 7) is 6.56. The SMILES string of the molecule is Cc1nn(Cc2ccccc2)c(C)c1CNC(=O)c1ccc(OC[C@H]2CCCO2)cc1. The molecule has 0 unspecified atom stereocenters. The van der Waals surface area contributed by atoms with Crippen LogP contribution in [0.5, 0.6) is 5.75 Å². The third kappa shape index (κ3) is 5.33. The molecule has 4 rings (SSSR count). The Morgan fingerprint density at radius 3 is 2.65 bits per heavy atom. The van der Waals surface area contributed by atoms with Gasteiger partial charge in [-0.15, -0.1) is 0 Å². The van der Waals surface area contributed by atoms with Crippen LogP contribution >= 0.6 is 0 Å². The number of nitrogens with one attached hydrogen (secondary N) is 1. The van der Waals surface area contributed by atoms with Gasteiger partial charge in [-0.05, 0) is 56.5 Å². The summed E-state index contributed by atoms with van der Waals surface area (Å²) in [5, 5.41) is 7.68. The average molecular weight is 420 g/mol. The van der Waals surface area contributed by atoms with Gasteiger partial charge in [-0.25, -0.2) is 0 Å². The Balaban J connectivity index is 1.33. The van der Waals surface area contributed by atoms with Crippen molar-refractivity contribution in [3.8, 4) is 5.75 Å². The van der Waals surface area contributed by atoms with Crippen LogP contribution < -0.4 is 10.1 Å². The zero-order valence-electron chi connectivity index (χ0n) is 18.1. The maximum atomic E-state index is 12.6. The highest BCUT2D eigenvalue weighted by atomic mass is 16.5. The molecule has 6 heteroatoms. The molecule has 1 amide bonds. The van der Waals surface area contributed by atoms with Crippen LogP contribution in [0, 0.1) is 13.8 Å². The molecule has 31 heavy (non-hydrogen) atoms. The van der Waals surface area contributed by atoms with Crippen LogP contribution in [0.1, 0.15) is 45.7 Å². The van der Waals surface area contributed by atoms with Gasteiger partial charge in [0.25, 0.3) is 5.91 Å². The number of hydrogen-bond acceptors (Lipinski definition) is 4. The number of benzene rings is 2. The fraction of sp³-hybridized carbons (Fsp3) is 0.360. The van der Waals surface area contributed by atoms with Gasteiger partial charge in [0.05, 0.1) is 18.3 Å². The second-order valence-corrected chi connectivity index (χ2v) is 7.95. The minimum absolute atomic E-state index is 0.111. The van der Waals surface area contributed by atoms with Crippen LogP contribution in [0.3, 0.4) is 0 Å². The van der Waals surface area contributed by atoms with Gasteiger partial charge in [-0.1, -0.05) is 30.3 Å². The molecular weight excluding hydrogens is 390 g/mol. The zero-order valence-corrected chi connectivity index (χ0v) is 18.1. The highest BCUT2D eigenvalue weighted by Crippen LogP contribution is 2.18. The first kappa shape index (κ1) is 21.1. The molecule has 2 aromatic carbocycles. The molecule has 1 aliphatic rings. The Labute approximate surface area is 183 Å². The normalized spacial score (nSPS) is 15.7. The topological polar surface area (TPSA) is 65.4 Å². The van der Waals surface area contributed by atoms with E-state index in [2.05, 4.69) is 22.5 Å². The highest BCUT2D eigenvalue weighted by molar-refractivity contribution is 5.94. The number of aryl methyl sites for hydroxylation is 1. The molecule has 3 aromatic rings. The number of ether oxygens (including phenoxy) is 2. The van der Waals surface area contributed by atoms with Crippen molar-refractivity contribution in [1.29, 1.82) is 0 Å². The van der Waals surface area contributed by atoms with E-state index in [-0.39, 0.29) is 12.0 Å². The van der Waals surface area contributed by atoms with Gasteiger partial charge in [0.2, 0.25) is 0 Å². The first-order valence-corrected chi connectivity index (χ1v) is 10.8. The highest BCUT2D eigenvalue weighted by Gasteiger charge is 2.16. The van der Waals surface area contributed by atoms with Crippen LogP contribution in [0.4, 0.5) is 0 Å². The third-order valence-corrected chi connectivity index (χ3v) is 5.71. The van der Waals surface area contributed by atoms with E-state index in [0.29, 0.717) is 18.7 Å². The fourth-order valence-corrected chi connectivity index (χ4v) is 3.84. The van der Waals surface area contributed by atoms with Crippen molar-refractivity contribution in [1.82, 2.24) is 15.1 Å². The molecule has 1 fully saturated rings. The second kappa shape index (κ2) is 9.79. The molecule has 1 atom stereocenters. The van der Waals surface area contributed by atoms with Gasteiger partial charge in [0, 0.05) is 30.0 Å². The van der Waals surface area contributed by atoms with Crippen LogP contribution in [-0.4, -0.2) is 35.0 Å². The summed E-state index contributed by atoms with van der Waals surface area (Å²) < 4.78 is 13.3. The van der Waals surface area contributed by atoms with Crippen molar-refractivity contribution in [3.05, 3.63) is 82.7 Å². The summed E-state index contributed by atoms with van der Waals surface area (Å²) in [5.74, 6) is 0.640. The van der Waals surface area contributed by atoms with Gasteiger partial charge >= 0.3 is 0 Å². The first-order chi connectivity index (χ1) is 15.1. The molecule has 1 saturated heterocycles. The molecule has 6 nitrogen and oxygen atoms in total. The van der Waals surface area contributed by atoms with E-state index in [1.54, 1.807) is 12.1 Å². The number of amides is 1. The minimum Gasteiger partial charge on any atom is -0.491 e. The molecule has 0 saturated carbocycles. The van der Waals surface area contributed by atoms with Crippen molar-refractivity contribution < 1.29 is 14.3 Å². The van der Waals surface area contributed by atoms with Gasteiger partial charge in [-0.3, -0.25) is 9.48 Å². The summed E-state index contributed by atoms with van der Waals surface area (Å²) in [4.78, 5) is 12.6. The third-order valence-electron chi connectivity index (χ3n) is 5.71. The molecule has 2 heterocycles. The summed E-state index contributed by atoms with van der Waals surface area (Å²) in [5.41, 5.74) is 4.87. The fourth-order valence-electron chi connectivity index (χ4n) is 3.84. The number of rotatable bonds is 8. The van der Waals surface area contributed by atoms with Crippen molar-refractivity contribution in [2.24, 2.45) is 0 Å². The van der Waals surface area contributed by atoms with Crippen molar-refractivity contribution >= 4 is 5.91 Å². The Hall–Kier alpha value is -3.12. The maximum absolute atomic E-state index is 12.6. The molecule has 162 valence electrons. The molecule has 0 spiro atoms. The quantitative estimate of drug-likeness (QED) is 0.599. The number of nitrogens with zero attached hydrogens (tertiary/aromatic N) is 2. The summed E-state index contributed by atoms with van der Waals surface area (Å²) in [7, 11) is 0. The van der Waals surface area contributed by atoms with E-state index in [4.69, 9.17) is 9.47 Å². The Kier molecular flexibility index (Phi) is 6.67. The molecule has 0 aliphatic carbocycles. The van der Waals surface area contributed by atoms with E-state index in [0.717, 1.165) is 48.7 Å². The van der Waals surface area contributed by atoms with Crippen molar-refractivity contribution in [3.63, 3.8) is 0 Å². The van der Waals surface area contributed by atoms with E-state index in [1.165, 1.54) is 5.56 Å². The lowest BCUT2D eigenvalue weighted by Gasteiger charge is -2.12. The van der Waals surface area contributed by atoms with Crippen LogP contribution in [-0.2, 0) is 17.8 Å². The monoisotopic (exact) mass is 419 g/mol. The van der Waals surface area contributed by atoms with Crippen LogP contribution in [0.25, 0.3) is 0 Å². The minimum atomic E-state index is -0.111. The Morgan fingerprint density at radius 2 is 1.94 bits per heavy atom. The number of aromatic nitrogens is 2. The smallest absolute Gasteiger partial charge is 0.251 e. The van der Waals surface area contributed by atoms with Gasteiger partial charge < -0.3 is 14.8 Å². The number of hydrogen-bond donors (Lipinski definition) is 1. The standard InChI is InChI=1S/C25H29N3O3/c1-18-24(19(2)28(27-18)16-20-7-4-3-5-8-20)15-26-25(29)21-10-12-22(13-11-21)31-17-23-9-6-14-30-23/h3-5,7-8,10-13,23H,6,9,14-17H2,1-2H3,(H,26,29)/t23-/m1/s1. The van der Waals surface area contributed by atoms with E-state index >= 15 is 0 Å². The molecule has 1 aliphatic heterocycles. The Morgan fingerprint density at radius 1 is 1.16 bits per heavy atom. The lowest BCUT2D eigenvalue weighted by molar-refractivity contribution is 0.0679. The maximum Gasteiger partial charge on any atom is 0.251 e. The average Bonchev–Trinajstić information content (AvgIpc) is 3.40. The predicted octanol–water partition coefficient (Wildman–Crippen LogP) is 4.04. The summed E-state index contributed by atoms with van der Waals surface area (Å²) in [6.07, 6.45) is 2.32. The van der Waals surface area contributed by atoms with E-state index in [9.17, 15) is 4.79 Å². The van der Waals surface area contributed by atoms with Crippen LogP contribution in [0.2, 0.25) is 0 Å². The van der Waals surface area contributed by atoms with Gasteiger partial charge in [0.1, 0.15) is 12.4 Å². The number of carbonyl (C=O) groups excluding carboxylic acids is 1. The molecular formula is C25H29N3O3. The Bertz CT molecular complexity index is 1010. The van der Waals surface area contributed by atoms with E-state index in [1.807, 2.05) is 48.9 Å². The van der Waals surface area contributed by atoms with Crippen molar-refractivity contribution in [2.45, 2.75) is 45.9 Å². The largest absolute Gasteiger partial charge is 0.491 e. The second-order valence-electron chi connectivity index (χ2n) is 7.95. The van der Waals surface area contributed by atoms with Gasteiger partial charge in [-0.2, -0.15) is 5.10 Å². The summed E-state index contributed by atoms with van der Waals surface area (Å²) >= 11 is 0. The van der Waals surface area contributed by atoms with Gasteiger partial charge in [0.15, 0.2) is 0 Å². The molecule has 0 bridgehead atoms. The molecule has 0 radical (unpaired) electrons. The number of carbonyl (C=O) groups is 1. The predicted molar refractivity (Wildman–Crippen MR) is 119 cm³/mol. The molecule has 1 N–H and O–H groups in total. The van der Waals surface area contributed by atoms with E-state index < -0.39 is 0 Å². The summed E-state index contributed by atoms with van der Waals surface area (Å²) in [6, 6.07) is 17.5. The lowest BCUT2D eigenvalue weighted by atomic mass is 10.1. The lowest BCUT2D eigenvalue weighted by Crippen LogP contribution is -2.23. The van der Waals surface area contributed by atoms with Crippen LogP contribution in [0.15, 0.2) is 54.6 Å². The van der Waals surface area contributed by atoms with Crippen molar-refractivity contribution in [2.75, 3.05) is 13.2 Å².